The quantitative estimate of drug-likeness (QED) is 0.569. The number of nitriles is 1. The Balaban J connectivity index is 0.00000441. The van der Waals surface area contributed by atoms with Gasteiger partial charge in [-0.1, -0.05) is 36.5 Å². The highest BCUT2D eigenvalue weighted by atomic mass is 19.3. The molecular weight excluding hydrogens is 508 g/mol. The van der Waals surface area contributed by atoms with Gasteiger partial charge >= 0.3 is 6.43 Å². The number of carbonyl (C=O) groups is 3. The van der Waals surface area contributed by atoms with Crippen molar-refractivity contribution in [2.75, 3.05) is 26.8 Å². The van der Waals surface area contributed by atoms with Crippen LogP contribution in [0.1, 0.15) is 18.2 Å². The fourth-order valence-electron chi connectivity index (χ4n) is 4.44. The number of hydrogen-bond acceptors (Lipinski definition) is 6. The van der Waals surface area contributed by atoms with E-state index in [1.54, 1.807) is 53.9 Å². The summed E-state index contributed by atoms with van der Waals surface area (Å²) in [6.07, 6.45) is 10.6. The molecular formula is C29H28F2N3O5. The van der Waals surface area contributed by atoms with Gasteiger partial charge in [-0.2, -0.15) is 14.0 Å². The zero-order chi connectivity index (χ0) is 28.0. The maximum atomic E-state index is 13.1. The minimum absolute atomic E-state index is 0. The highest BCUT2D eigenvalue weighted by molar-refractivity contribution is 6.01. The van der Waals surface area contributed by atoms with Gasteiger partial charge in [-0.3, -0.25) is 19.7 Å². The Labute approximate surface area is 226 Å². The summed E-state index contributed by atoms with van der Waals surface area (Å²) in [5, 5.41) is 10.7. The number of ether oxygens (including phenoxy) is 2. The van der Waals surface area contributed by atoms with Crippen LogP contribution in [-0.4, -0.2) is 62.0 Å². The van der Waals surface area contributed by atoms with Crippen molar-refractivity contribution in [2.24, 2.45) is 5.41 Å². The molecule has 10 heteroatoms. The summed E-state index contributed by atoms with van der Waals surface area (Å²) in [5.74, 6) is -2.37. The van der Waals surface area contributed by atoms with E-state index in [9.17, 15) is 23.2 Å². The van der Waals surface area contributed by atoms with E-state index in [0.29, 0.717) is 16.9 Å². The molecule has 1 fully saturated rings. The maximum absolute atomic E-state index is 13.1. The first-order valence-electron chi connectivity index (χ1n) is 12.2. The lowest BCUT2D eigenvalue weighted by molar-refractivity contribution is -0.144. The second-order valence-corrected chi connectivity index (χ2v) is 9.24. The first-order valence-corrected chi connectivity index (χ1v) is 12.2. The van der Waals surface area contributed by atoms with Crippen LogP contribution >= 0.6 is 0 Å². The Morgan fingerprint density at radius 1 is 1.15 bits per heavy atom. The van der Waals surface area contributed by atoms with Gasteiger partial charge in [0, 0.05) is 32.1 Å². The van der Waals surface area contributed by atoms with E-state index >= 15 is 0 Å². The van der Waals surface area contributed by atoms with Crippen molar-refractivity contribution in [1.29, 1.82) is 5.26 Å². The zero-order valence-corrected chi connectivity index (χ0v) is 21.1. The predicted octanol–water partition coefficient (Wildman–Crippen LogP) is 3.71. The van der Waals surface area contributed by atoms with Gasteiger partial charge in [0.25, 0.3) is 11.8 Å². The third kappa shape index (κ3) is 6.38. The molecule has 3 aliphatic rings. The Bertz CT molecular complexity index is 1330. The number of carbonyl (C=O) groups excluding carboxylic acids is 3. The van der Waals surface area contributed by atoms with E-state index < -0.39 is 29.8 Å². The number of halogens is 2. The van der Waals surface area contributed by atoms with Gasteiger partial charge in [-0.15, -0.1) is 0 Å². The summed E-state index contributed by atoms with van der Waals surface area (Å²) < 4.78 is 36.8. The summed E-state index contributed by atoms with van der Waals surface area (Å²) in [4.78, 5) is 39.2. The van der Waals surface area contributed by atoms with E-state index in [-0.39, 0.29) is 33.5 Å². The molecule has 203 valence electrons. The van der Waals surface area contributed by atoms with E-state index in [0.717, 1.165) is 11.1 Å². The first kappa shape index (κ1) is 27.7. The second-order valence-electron chi connectivity index (χ2n) is 9.24. The Morgan fingerprint density at radius 3 is 2.46 bits per heavy atom. The summed E-state index contributed by atoms with van der Waals surface area (Å²) in [6, 6.07) is 8.54. The Hall–Kier alpha value is -4.36. The van der Waals surface area contributed by atoms with Crippen molar-refractivity contribution < 1.29 is 34.1 Å². The molecule has 2 aliphatic carbocycles. The molecule has 8 nitrogen and oxygen atoms in total. The standard InChI is InChI=1S/C29H26F2N3O5.H2/c1-38-23-10-8-22(9-11-23)27(36)34-15-14-29(17-34,28(37)33-26(35)25(30)31)18-39-24-12-6-21(7-13-24)20-4-2-19(16-32)3-5-20;/h2-13,24-25H,14-15,17-18H2,1H3,(H,33,35,37);1H. The number of hydrogen-bond donors (Lipinski definition) is 1. The SMILES string of the molecule is COc1ccc(C(=O)N2CCC(COC3C=CC(=C4[CH]C=C(C#N)C=C4)C=C3)(C(=O)NC(=O)C(F)F)C2)cc1.[HH]. The van der Waals surface area contributed by atoms with Crippen LogP contribution in [-0.2, 0) is 14.3 Å². The lowest BCUT2D eigenvalue weighted by Gasteiger charge is -2.29. The van der Waals surface area contributed by atoms with Crippen LogP contribution in [0.3, 0.4) is 0 Å². The largest absolute Gasteiger partial charge is 0.497 e. The van der Waals surface area contributed by atoms with Crippen LogP contribution in [0.5, 0.6) is 5.75 Å². The fraction of sp³-hybridized carbons (Fsp3) is 0.276. The minimum atomic E-state index is -3.36. The van der Waals surface area contributed by atoms with Gasteiger partial charge in [0.05, 0.1) is 31.3 Å². The van der Waals surface area contributed by atoms with Crippen molar-refractivity contribution >= 4 is 17.7 Å². The van der Waals surface area contributed by atoms with E-state index in [4.69, 9.17) is 14.7 Å². The molecule has 0 saturated carbocycles. The third-order valence-corrected chi connectivity index (χ3v) is 6.72. The highest BCUT2D eigenvalue weighted by Crippen LogP contribution is 2.34. The molecule has 39 heavy (non-hydrogen) atoms. The molecule has 1 N–H and O–H groups in total. The van der Waals surface area contributed by atoms with Crippen molar-refractivity contribution in [1.82, 2.24) is 10.2 Å². The highest BCUT2D eigenvalue weighted by Gasteiger charge is 2.47. The Kier molecular flexibility index (Phi) is 8.52. The second kappa shape index (κ2) is 12.0. The van der Waals surface area contributed by atoms with Gasteiger partial charge in [0.2, 0.25) is 5.91 Å². The number of benzene rings is 1. The zero-order valence-electron chi connectivity index (χ0n) is 21.1. The van der Waals surface area contributed by atoms with Crippen LogP contribution in [0.2, 0.25) is 0 Å². The normalized spacial score (nSPS) is 22.1. The average molecular weight is 537 g/mol. The molecule has 1 radical (unpaired) electrons. The molecule has 0 aromatic heterocycles. The first-order chi connectivity index (χ1) is 18.7. The van der Waals surface area contributed by atoms with E-state index in [2.05, 4.69) is 6.07 Å². The van der Waals surface area contributed by atoms with Crippen molar-refractivity contribution in [2.45, 2.75) is 19.0 Å². The number of amides is 3. The lowest BCUT2D eigenvalue weighted by atomic mass is 9.86. The fourth-order valence-corrected chi connectivity index (χ4v) is 4.44. The van der Waals surface area contributed by atoms with Gasteiger partial charge in [0.15, 0.2) is 0 Å². The number of nitrogens with zero attached hydrogens (tertiary/aromatic N) is 2. The number of imide groups is 1. The summed E-state index contributed by atoms with van der Waals surface area (Å²) in [6.45, 7) is -0.131. The molecule has 4 rings (SSSR count). The molecule has 1 unspecified atom stereocenters. The number of rotatable bonds is 7. The molecule has 0 spiro atoms. The smallest absolute Gasteiger partial charge is 0.315 e. The molecule has 1 heterocycles. The van der Waals surface area contributed by atoms with E-state index in [1.807, 2.05) is 24.6 Å². The lowest BCUT2D eigenvalue weighted by Crippen LogP contribution is -2.50. The summed E-state index contributed by atoms with van der Waals surface area (Å²) in [5.41, 5.74) is 1.33. The number of allylic oxidation sites excluding steroid dienone is 8. The van der Waals surface area contributed by atoms with Crippen LogP contribution in [0.4, 0.5) is 8.78 Å². The molecule has 1 aliphatic heterocycles. The van der Waals surface area contributed by atoms with Crippen LogP contribution in [0, 0.1) is 23.2 Å². The number of nitrogens with one attached hydrogen (secondary N) is 1. The molecule has 1 saturated heterocycles. The van der Waals surface area contributed by atoms with E-state index in [1.165, 1.54) is 12.0 Å². The van der Waals surface area contributed by atoms with Crippen LogP contribution in [0.15, 0.2) is 83.5 Å². The van der Waals surface area contributed by atoms with Crippen LogP contribution in [0.25, 0.3) is 0 Å². The average Bonchev–Trinajstić information content (AvgIpc) is 3.42. The topological polar surface area (TPSA) is 109 Å². The monoisotopic (exact) mass is 536 g/mol. The number of alkyl halides is 2. The van der Waals surface area contributed by atoms with Crippen molar-refractivity contribution in [3.63, 3.8) is 0 Å². The minimum Gasteiger partial charge on any atom is -0.497 e. The van der Waals surface area contributed by atoms with Crippen molar-refractivity contribution in [3.05, 3.63) is 95.5 Å². The van der Waals surface area contributed by atoms with Gasteiger partial charge in [-0.05, 0) is 47.9 Å². The number of methoxy groups -OCH3 is 1. The predicted molar refractivity (Wildman–Crippen MR) is 139 cm³/mol. The van der Waals surface area contributed by atoms with Crippen molar-refractivity contribution in [3.8, 4) is 11.8 Å². The Morgan fingerprint density at radius 2 is 1.87 bits per heavy atom. The maximum Gasteiger partial charge on any atom is 0.315 e. The number of likely N-dealkylation sites (tertiary alicyclic amines) is 1. The third-order valence-electron chi connectivity index (χ3n) is 6.72. The summed E-state index contributed by atoms with van der Waals surface area (Å²) in [7, 11) is 1.51. The summed E-state index contributed by atoms with van der Waals surface area (Å²) >= 11 is 0. The molecule has 3 amide bonds. The molecule has 1 aromatic carbocycles. The van der Waals surface area contributed by atoms with Crippen LogP contribution < -0.4 is 10.1 Å². The van der Waals surface area contributed by atoms with Gasteiger partial charge < -0.3 is 14.4 Å². The van der Waals surface area contributed by atoms with Gasteiger partial charge in [0.1, 0.15) is 5.75 Å². The molecule has 0 bridgehead atoms. The van der Waals surface area contributed by atoms with Gasteiger partial charge in [-0.25, -0.2) is 0 Å². The molecule has 1 aromatic rings. The molecule has 1 atom stereocenters.